The third-order valence-electron chi connectivity index (χ3n) is 2.69. The fourth-order valence-corrected chi connectivity index (χ4v) is 2.00. The normalized spacial score (nSPS) is 13.0. The first-order valence-corrected chi connectivity index (χ1v) is 6.13. The molecule has 1 unspecified atom stereocenters. The van der Waals surface area contributed by atoms with Gasteiger partial charge >= 0.3 is 6.36 Å². The topological polar surface area (TPSA) is 29.5 Å². The molecule has 7 heteroatoms. The molecule has 0 aliphatic carbocycles. The fourth-order valence-electron chi connectivity index (χ4n) is 1.82. The molecule has 0 aliphatic rings. The SMILES string of the molecule is OC(c1cc(Cl)ccc1F)c1ccccc1OC(F)(F)F. The fraction of sp³-hybridized carbons (Fsp3) is 0.143. The number of alkyl halides is 3. The van der Waals surface area contributed by atoms with Crippen LogP contribution in [0.3, 0.4) is 0 Å². The summed E-state index contributed by atoms with van der Waals surface area (Å²) in [5, 5.41) is 10.3. The van der Waals surface area contributed by atoms with Gasteiger partial charge in [-0.25, -0.2) is 4.39 Å². The lowest BCUT2D eigenvalue weighted by atomic mass is 10.0. The Kier molecular flexibility index (Phi) is 4.39. The summed E-state index contributed by atoms with van der Waals surface area (Å²) >= 11 is 5.71. The second-order valence-electron chi connectivity index (χ2n) is 4.15. The lowest BCUT2D eigenvalue weighted by Crippen LogP contribution is -2.19. The Morgan fingerprint density at radius 2 is 1.71 bits per heavy atom. The molecule has 1 atom stereocenters. The number of benzene rings is 2. The summed E-state index contributed by atoms with van der Waals surface area (Å²) in [5.41, 5.74) is -0.447. The number of ether oxygens (including phenoxy) is 1. The molecule has 0 saturated carbocycles. The number of para-hydroxylation sites is 1. The van der Waals surface area contributed by atoms with Gasteiger partial charge in [-0.15, -0.1) is 13.2 Å². The van der Waals surface area contributed by atoms with Gasteiger partial charge in [0.1, 0.15) is 17.7 Å². The van der Waals surface area contributed by atoms with Gasteiger partial charge < -0.3 is 9.84 Å². The third kappa shape index (κ3) is 3.86. The number of hydrogen-bond donors (Lipinski definition) is 1. The number of halogens is 5. The standard InChI is InChI=1S/C14H9ClF4O2/c15-8-5-6-11(16)10(7-8)13(20)9-3-1-2-4-12(9)21-14(17,18)19/h1-7,13,20H. The molecule has 0 amide bonds. The second-order valence-corrected chi connectivity index (χ2v) is 4.59. The number of rotatable bonds is 3. The highest BCUT2D eigenvalue weighted by molar-refractivity contribution is 6.30. The van der Waals surface area contributed by atoms with E-state index in [0.717, 1.165) is 18.2 Å². The van der Waals surface area contributed by atoms with Crippen LogP contribution in [-0.2, 0) is 0 Å². The molecular weight excluding hydrogens is 312 g/mol. The number of aliphatic hydroxyl groups is 1. The molecular formula is C14H9ClF4O2. The van der Waals surface area contributed by atoms with E-state index in [-0.39, 0.29) is 16.1 Å². The summed E-state index contributed by atoms with van der Waals surface area (Å²) in [7, 11) is 0. The first kappa shape index (κ1) is 15.6. The van der Waals surface area contributed by atoms with Crippen LogP contribution in [-0.4, -0.2) is 11.5 Å². The molecule has 0 bridgehead atoms. The van der Waals surface area contributed by atoms with Crippen LogP contribution in [0.5, 0.6) is 5.75 Å². The molecule has 21 heavy (non-hydrogen) atoms. The van der Waals surface area contributed by atoms with Crippen LogP contribution in [0.2, 0.25) is 5.02 Å². The molecule has 2 aromatic carbocycles. The second kappa shape index (κ2) is 5.91. The molecule has 0 aromatic heterocycles. The summed E-state index contributed by atoms with van der Waals surface area (Å²) in [6.45, 7) is 0. The van der Waals surface area contributed by atoms with Gasteiger partial charge in [-0.3, -0.25) is 0 Å². The lowest BCUT2D eigenvalue weighted by Gasteiger charge is -2.18. The Hall–Kier alpha value is -1.79. The summed E-state index contributed by atoms with van der Waals surface area (Å²) in [6, 6.07) is 8.40. The zero-order valence-corrected chi connectivity index (χ0v) is 11.1. The van der Waals surface area contributed by atoms with E-state index in [0.29, 0.717) is 0 Å². The molecule has 0 spiro atoms. The zero-order chi connectivity index (χ0) is 15.6. The van der Waals surface area contributed by atoms with Crippen molar-refractivity contribution in [3.63, 3.8) is 0 Å². The summed E-state index contributed by atoms with van der Waals surface area (Å²) in [4.78, 5) is 0. The molecule has 0 saturated heterocycles. The monoisotopic (exact) mass is 320 g/mol. The van der Waals surface area contributed by atoms with Crippen molar-refractivity contribution in [2.45, 2.75) is 12.5 Å². The van der Waals surface area contributed by atoms with Gasteiger partial charge in [0, 0.05) is 16.1 Å². The van der Waals surface area contributed by atoms with Crippen LogP contribution in [0.25, 0.3) is 0 Å². The molecule has 2 aromatic rings. The van der Waals surface area contributed by atoms with E-state index in [4.69, 9.17) is 11.6 Å². The minimum absolute atomic E-state index is 0.152. The van der Waals surface area contributed by atoms with Crippen LogP contribution in [0.15, 0.2) is 42.5 Å². The molecule has 0 heterocycles. The van der Waals surface area contributed by atoms with Gasteiger partial charge in [-0.05, 0) is 24.3 Å². The zero-order valence-electron chi connectivity index (χ0n) is 10.4. The molecule has 0 radical (unpaired) electrons. The van der Waals surface area contributed by atoms with Crippen molar-refractivity contribution < 1.29 is 27.4 Å². The third-order valence-corrected chi connectivity index (χ3v) is 2.93. The van der Waals surface area contributed by atoms with E-state index in [1.165, 1.54) is 24.3 Å². The van der Waals surface area contributed by atoms with Crippen LogP contribution in [0, 0.1) is 5.82 Å². The van der Waals surface area contributed by atoms with E-state index >= 15 is 0 Å². The van der Waals surface area contributed by atoms with E-state index < -0.39 is 24.0 Å². The van der Waals surface area contributed by atoms with Crippen molar-refractivity contribution in [2.75, 3.05) is 0 Å². The van der Waals surface area contributed by atoms with Crippen molar-refractivity contribution in [1.82, 2.24) is 0 Å². The van der Waals surface area contributed by atoms with Crippen molar-refractivity contribution in [2.24, 2.45) is 0 Å². The van der Waals surface area contributed by atoms with E-state index in [1.54, 1.807) is 0 Å². The first-order valence-electron chi connectivity index (χ1n) is 5.75. The van der Waals surface area contributed by atoms with Crippen LogP contribution in [0.4, 0.5) is 17.6 Å². The van der Waals surface area contributed by atoms with Crippen LogP contribution < -0.4 is 4.74 Å². The average Bonchev–Trinajstić information content (AvgIpc) is 2.39. The highest BCUT2D eigenvalue weighted by Gasteiger charge is 2.33. The van der Waals surface area contributed by atoms with Crippen LogP contribution in [0.1, 0.15) is 17.2 Å². The molecule has 112 valence electrons. The van der Waals surface area contributed by atoms with Gasteiger partial charge in [0.25, 0.3) is 0 Å². The van der Waals surface area contributed by atoms with Gasteiger partial charge in [0.05, 0.1) is 0 Å². The first-order chi connectivity index (χ1) is 9.78. The largest absolute Gasteiger partial charge is 0.573 e. The lowest BCUT2D eigenvalue weighted by molar-refractivity contribution is -0.275. The van der Waals surface area contributed by atoms with E-state index in [1.807, 2.05) is 0 Å². The highest BCUT2D eigenvalue weighted by Crippen LogP contribution is 2.34. The van der Waals surface area contributed by atoms with Gasteiger partial charge in [0.2, 0.25) is 0 Å². The Bertz CT molecular complexity index is 643. The Labute approximate surface area is 122 Å². The molecule has 2 nitrogen and oxygen atoms in total. The quantitative estimate of drug-likeness (QED) is 0.846. The maximum absolute atomic E-state index is 13.7. The van der Waals surface area contributed by atoms with Crippen molar-refractivity contribution >= 4 is 11.6 Å². The Morgan fingerprint density at radius 1 is 1.05 bits per heavy atom. The number of hydrogen-bond acceptors (Lipinski definition) is 2. The Balaban J connectivity index is 2.44. The van der Waals surface area contributed by atoms with Gasteiger partial charge in [0.15, 0.2) is 0 Å². The van der Waals surface area contributed by atoms with Crippen LogP contribution >= 0.6 is 11.6 Å². The average molecular weight is 321 g/mol. The molecule has 1 N–H and O–H groups in total. The summed E-state index contributed by atoms with van der Waals surface area (Å²) in [6.07, 6.45) is -6.55. The Morgan fingerprint density at radius 3 is 2.38 bits per heavy atom. The molecule has 0 fully saturated rings. The highest BCUT2D eigenvalue weighted by atomic mass is 35.5. The predicted molar refractivity (Wildman–Crippen MR) is 68.6 cm³/mol. The smallest absolute Gasteiger partial charge is 0.405 e. The molecule has 2 rings (SSSR count). The minimum Gasteiger partial charge on any atom is -0.405 e. The summed E-state index contributed by atoms with van der Waals surface area (Å²) in [5.74, 6) is -1.38. The maximum atomic E-state index is 13.7. The predicted octanol–water partition coefficient (Wildman–Crippen LogP) is 4.46. The van der Waals surface area contributed by atoms with Crippen molar-refractivity contribution in [1.29, 1.82) is 0 Å². The van der Waals surface area contributed by atoms with E-state index in [9.17, 15) is 22.7 Å². The minimum atomic E-state index is -4.91. The van der Waals surface area contributed by atoms with Crippen molar-refractivity contribution in [3.8, 4) is 5.75 Å². The van der Waals surface area contributed by atoms with E-state index in [2.05, 4.69) is 4.74 Å². The van der Waals surface area contributed by atoms with Gasteiger partial charge in [-0.2, -0.15) is 0 Å². The molecule has 0 aliphatic heterocycles. The van der Waals surface area contributed by atoms with Gasteiger partial charge in [-0.1, -0.05) is 29.8 Å². The van der Waals surface area contributed by atoms with Crippen molar-refractivity contribution in [3.05, 3.63) is 64.4 Å². The maximum Gasteiger partial charge on any atom is 0.573 e. The summed E-state index contributed by atoms with van der Waals surface area (Å²) < 4.78 is 54.5. The number of aliphatic hydroxyl groups excluding tert-OH is 1.